The third kappa shape index (κ3) is 9.96. The predicted octanol–water partition coefficient (Wildman–Crippen LogP) is 15.2. The fourth-order valence-corrected chi connectivity index (χ4v) is 8.54. The van der Waals surface area contributed by atoms with E-state index in [0.717, 1.165) is 55.8 Å². The van der Waals surface area contributed by atoms with Gasteiger partial charge >= 0.3 is 19.1 Å². The van der Waals surface area contributed by atoms with Crippen LogP contribution in [0.4, 0.5) is 22.0 Å². The van der Waals surface area contributed by atoms with Crippen LogP contribution in [0.1, 0.15) is 136 Å². The third-order valence-electron chi connectivity index (χ3n) is 12.9. The molecule has 0 bridgehead atoms. The van der Waals surface area contributed by atoms with E-state index in [-0.39, 0.29) is 21.7 Å². The highest BCUT2D eigenvalue weighted by atomic mass is 19.3. The first-order chi connectivity index (χ1) is 30.6. The fourth-order valence-electron chi connectivity index (χ4n) is 8.54. The minimum atomic E-state index is -4.86. The zero-order chi connectivity index (χ0) is 48.4. The van der Waals surface area contributed by atoms with Gasteiger partial charge in [0.1, 0.15) is 0 Å². The third-order valence-corrected chi connectivity index (χ3v) is 12.9. The second-order valence-corrected chi connectivity index (χ2v) is 22.1. The molecule has 2 aliphatic heterocycles. The van der Waals surface area contributed by atoms with Gasteiger partial charge < -0.3 is 13.8 Å². The van der Waals surface area contributed by atoms with Crippen molar-refractivity contribution in [3.8, 4) is 22.4 Å². The molecular formula is C56H64BF5N2O2. The van der Waals surface area contributed by atoms with Crippen molar-refractivity contribution < 1.29 is 31.3 Å². The van der Waals surface area contributed by atoms with Gasteiger partial charge in [0, 0.05) is 34.5 Å². The molecule has 1 aromatic heterocycles. The Balaban J connectivity index is 1.50. The topological polar surface area (TPSA) is 35.8 Å². The first kappa shape index (κ1) is 48.9. The van der Waals surface area contributed by atoms with Crippen molar-refractivity contribution in [3.63, 3.8) is 0 Å². The molecule has 2 aliphatic rings. The Morgan fingerprint density at radius 2 is 1.03 bits per heavy atom. The Kier molecular flexibility index (Phi) is 13.0. The second kappa shape index (κ2) is 17.5. The van der Waals surface area contributed by atoms with E-state index in [0.29, 0.717) is 17.1 Å². The van der Waals surface area contributed by atoms with E-state index in [4.69, 9.17) is 14.3 Å². The number of halogens is 5. The van der Waals surface area contributed by atoms with Gasteiger partial charge in [0.25, 0.3) is 0 Å². The average molecular weight is 903 g/mol. The van der Waals surface area contributed by atoms with Crippen LogP contribution in [0.3, 0.4) is 0 Å². The molecule has 0 amide bonds. The Hall–Kier alpha value is -5.06. The molecule has 4 nitrogen and oxygen atoms in total. The van der Waals surface area contributed by atoms with Crippen LogP contribution in [-0.2, 0) is 31.0 Å². The number of rotatable bonds is 10. The van der Waals surface area contributed by atoms with E-state index >= 15 is 8.78 Å². The molecule has 1 unspecified atom stereocenters. The minimum absolute atomic E-state index is 0.0431. The number of hydrogen-bond donors (Lipinski definition) is 0. The van der Waals surface area contributed by atoms with Crippen LogP contribution < -0.4 is 0 Å². The van der Waals surface area contributed by atoms with Crippen molar-refractivity contribution in [2.45, 2.75) is 136 Å². The lowest BCUT2D eigenvalue weighted by molar-refractivity contribution is -0.225. The quantitative estimate of drug-likeness (QED) is 0.103. The lowest BCUT2D eigenvalue weighted by Gasteiger charge is -2.26. The summed E-state index contributed by atoms with van der Waals surface area (Å²) in [6.45, 7) is 25.1. The Morgan fingerprint density at radius 3 is 1.47 bits per heavy atom. The van der Waals surface area contributed by atoms with Crippen molar-refractivity contribution in [2.24, 2.45) is 4.99 Å². The van der Waals surface area contributed by atoms with Crippen LogP contribution in [0.2, 0.25) is 0 Å². The summed E-state index contributed by atoms with van der Waals surface area (Å²) in [7, 11) is -1.32. The minimum Gasteiger partial charge on any atom is -0.389 e. The molecule has 0 N–H and O–H groups in total. The normalized spacial score (nSPS) is 17.4. The van der Waals surface area contributed by atoms with Gasteiger partial charge in [-0.2, -0.15) is 17.6 Å². The highest BCUT2D eigenvalue weighted by molar-refractivity contribution is 6.45. The van der Waals surface area contributed by atoms with Crippen LogP contribution in [0.5, 0.6) is 0 Å². The van der Waals surface area contributed by atoms with Crippen molar-refractivity contribution in [1.29, 1.82) is 0 Å². The first-order valence-electron chi connectivity index (χ1n) is 22.9. The Bertz CT molecular complexity index is 2650. The fraction of sp³-hybridized carbons (Fsp3) is 0.411. The summed E-state index contributed by atoms with van der Waals surface area (Å²) in [6.07, 6.45) is -0.771. The zero-order valence-electron chi connectivity index (χ0n) is 40.8. The smallest absolute Gasteiger partial charge is 0.389 e. The molecule has 0 aliphatic carbocycles. The van der Waals surface area contributed by atoms with E-state index in [9.17, 15) is 13.2 Å². The Labute approximate surface area is 389 Å². The van der Waals surface area contributed by atoms with Gasteiger partial charge in [-0.3, -0.25) is 0 Å². The van der Waals surface area contributed by atoms with Gasteiger partial charge in [0.05, 0.1) is 24.1 Å². The lowest BCUT2D eigenvalue weighted by atomic mass is 9.85. The molecule has 4 aromatic carbocycles. The first-order valence-corrected chi connectivity index (χ1v) is 22.9. The summed E-state index contributed by atoms with van der Waals surface area (Å²) in [4.78, 5) is 5.42. The van der Waals surface area contributed by atoms with E-state index in [2.05, 4.69) is 180 Å². The SMILES string of the molecule is C/C(=C1/N=C(c2ccc(C(C)(C)C)cc2)C=C1c1ccc(C(C)(C)C)cc1)c1c(-c2ccc(C(C)(C)C)cc2)cc(-c2ccc(C(C)(C)C)cc2)n1B1OCC(CC(F)(F)C(F)(F)CF)O1. The number of aliphatic imine (C=N–C) groups is 1. The van der Waals surface area contributed by atoms with Crippen LogP contribution in [0, 0.1) is 0 Å². The molecule has 66 heavy (non-hydrogen) atoms. The van der Waals surface area contributed by atoms with Gasteiger partial charge in [0.15, 0.2) is 6.67 Å². The molecular weight excluding hydrogens is 838 g/mol. The van der Waals surface area contributed by atoms with Gasteiger partial charge in [0.2, 0.25) is 0 Å². The molecule has 7 rings (SSSR count). The van der Waals surface area contributed by atoms with Gasteiger partial charge in [-0.1, -0.05) is 180 Å². The largest absolute Gasteiger partial charge is 0.598 e. The summed E-state index contributed by atoms with van der Waals surface area (Å²) < 4.78 is 86.2. The second-order valence-electron chi connectivity index (χ2n) is 22.1. The monoisotopic (exact) mass is 902 g/mol. The number of nitrogens with zero attached hydrogens (tertiary/aromatic N) is 2. The maximum absolute atomic E-state index is 15.0. The van der Waals surface area contributed by atoms with E-state index < -0.39 is 44.9 Å². The highest BCUT2D eigenvalue weighted by Gasteiger charge is 2.58. The Morgan fingerprint density at radius 1 is 0.606 bits per heavy atom. The molecule has 5 aromatic rings. The summed E-state index contributed by atoms with van der Waals surface area (Å²) in [5.41, 5.74) is 13.1. The number of hydrogen-bond acceptors (Lipinski definition) is 3. The molecule has 0 radical (unpaired) electrons. The van der Waals surface area contributed by atoms with E-state index in [1.807, 2.05) is 23.5 Å². The standard InChI is InChI=1S/C56H64BF5N2O2/c1-35(49-45(36-14-22-40(23-15-36)51(2,3)4)30-47(63-49)38-18-26-42(27-19-38)53(8,9)10)50-46(37-16-24-41(25-17-37)52(5,6)7)31-48(39-20-28-43(29-21-39)54(11,12)13)64(50)57-65-33-44(66-57)32-55(59,60)56(61,62)34-58/h14-31,44H,32-34H2,1-13H3/b49-35-. The summed E-state index contributed by atoms with van der Waals surface area (Å²) in [6, 6.07) is 35.6. The molecule has 0 saturated carbocycles. The van der Waals surface area contributed by atoms with Gasteiger partial charge in [-0.05, 0) is 85.2 Å². The van der Waals surface area contributed by atoms with Crippen molar-refractivity contribution in [1.82, 2.24) is 4.48 Å². The number of aromatic nitrogens is 1. The molecule has 1 atom stereocenters. The molecule has 10 heteroatoms. The van der Waals surface area contributed by atoms with Crippen LogP contribution in [0.25, 0.3) is 33.5 Å². The molecule has 0 spiro atoms. The number of alkyl halides is 5. The lowest BCUT2D eigenvalue weighted by Crippen LogP contribution is -2.45. The molecule has 348 valence electrons. The van der Waals surface area contributed by atoms with Crippen molar-refractivity contribution in [2.75, 3.05) is 13.3 Å². The zero-order valence-corrected chi connectivity index (χ0v) is 40.8. The summed E-state index contributed by atoms with van der Waals surface area (Å²) in [5, 5.41) is 0. The van der Waals surface area contributed by atoms with Crippen molar-refractivity contribution >= 4 is 24.1 Å². The van der Waals surface area contributed by atoms with Gasteiger partial charge in [-0.25, -0.2) is 9.38 Å². The molecule has 1 saturated heterocycles. The molecule has 1 fully saturated rings. The van der Waals surface area contributed by atoms with Crippen molar-refractivity contribution in [3.05, 3.63) is 154 Å². The van der Waals surface area contributed by atoms with E-state index in [1.165, 1.54) is 11.1 Å². The van der Waals surface area contributed by atoms with Gasteiger partial charge in [-0.15, -0.1) is 0 Å². The summed E-state index contributed by atoms with van der Waals surface area (Å²) in [5.74, 6) is -9.53. The average Bonchev–Trinajstić information content (AvgIpc) is 4.00. The van der Waals surface area contributed by atoms with Crippen LogP contribution >= 0.6 is 0 Å². The maximum atomic E-state index is 15.0. The number of allylic oxidation sites excluding steroid dienone is 3. The van der Waals surface area contributed by atoms with E-state index in [1.54, 1.807) is 0 Å². The van der Waals surface area contributed by atoms with Crippen LogP contribution in [-0.4, -0.2) is 48.7 Å². The highest BCUT2D eigenvalue weighted by Crippen LogP contribution is 2.45. The maximum Gasteiger partial charge on any atom is 0.598 e. The number of benzene rings is 4. The molecule has 3 heterocycles. The summed E-state index contributed by atoms with van der Waals surface area (Å²) >= 11 is 0. The predicted molar refractivity (Wildman–Crippen MR) is 263 cm³/mol. The van der Waals surface area contributed by atoms with Crippen LogP contribution in [0.15, 0.2) is 120 Å².